The van der Waals surface area contributed by atoms with Gasteiger partial charge in [0, 0.05) is 24.9 Å². The smallest absolute Gasteiger partial charge is 0.262 e. The van der Waals surface area contributed by atoms with Gasteiger partial charge in [-0.1, -0.05) is 12.1 Å². The van der Waals surface area contributed by atoms with Gasteiger partial charge in [0.1, 0.15) is 11.5 Å². The molecular formula is C21H22N2O5. The molecule has 2 amide bonds. The summed E-state index contributed by atoms with van der Waals surface area (Å²) in [6.07, 6.45) is 0.914. The van der Waals surface area contributed by atoms with Gasteiger partial charge in [0.05, 0.1) is 12.8 Å². The summed E-state index contributed by atoms with van der Waals surface area (Å²) in [5.41, 5.74) is 2.01. The predicted molar refractivity (Wildman–Crippen MR) is 104 cm³/mol. The number of ketones is 1. The van der Waals surface area contributed by atoms with E-state index in [4.69, 9.17) is 9.47 Å². The minimum absolute atomic E-state index is 0.0308. The Kier molecular flexibility index (Phi) is 6.26. The molecule has 0 radical (unpaired) electrons. The molecule has 0 fully saturated rings. The lowest BCUT2D eigenvalue weighted by molar-refractivity contribution is -0.121. The zero-order valence-corrected chi connectivity index (χ0v) is 15.6. The summed E-state index contributed by atoms with van der Waals surface area (Å²) in [5, 5.41) is 5.49. The Labute approximate surface area is 163 Å². The van der Waals surface area contributed by atoms with Crippen molar-refractivity contribution in [3.05, 3.63) is 53.6 Å². The minimum atomic E-state index is -0.256. The maximum Gasteiger partial charge on any atom is 0.262 e. The molecule has 1 aliphatic rings. The number of hydrogen-bond acceptors (Lipinski definition) is 5. The van der Waals surface area contributed by atoms with E-state index in [0.29, 0.717) is 30.0 Å². The van der Waals surface area contributed by atoms with Crippen LogP contribution in [0.5, 0.6) is 11.5 Å². The molecule has 1 heterocycles. The zero-order valence-electron chi connectivity index (χ0n) is 15.6. The van der Waals surface area contributed by atoms with Gasteiger partial charge in [-0.3, -0.25) is 14.4 Å². The molecule has 2 aromatic carbocycles. The summed E-state index contributed by atoms with van der Waals surface area (Å²) in [6, 6.07) is 12.5. The first-order valence-corrected chi connectivity index (χ1v) is 9.04. The van der Waals surface area contributed by atoms with Gasteiger partial charge in [-0.15, -0.1) is 0 Å². The number of ether oxygens (including phenoxy) is 2. The highest BCUT2D eigenvalue weighted by atomic mass is 16.5. The van der Waals surface area contributed by atoms with Gasteiger partial charge >= 0.3 is 0 Å². The van der Waals surface area contributed by atoms with Crippen molar-refractivity contribution in [1.82, 2.24) is 5.32 Å². The first kappa shape index (κ1) is 19.4. The van der Waals surface area contributed by atoms with Crippen molar-refractivity contribution in [1.29, 1.82) is 0 Å². The summed E-state index contributed by atoms with van der Waals surface area (Å²) in [7, 11) is 1.62. The number of benzene rings is 2. The van der Waals surface area contributed by atoms with Crippen LogP contribution in [0.15, 0.2) is 42.5 Å². The van der Waals surface area contributed by atoms with E-state index in [0.717, 1.165) is 11.3 Å². The number of fused-ring (bicyclic) bond motifs is 1. The average Bonchev–Trinajstić information content (AvgIpc) is 2.72. The lowest BCUT2D eigenvalue weighted by Gasteiger charge is -2.18. The van der Waals surface area contributed by atoms with Crippen LogP contribution in [0.25, 0.3) is 0 Å². The van der Waals surface area contributed by atoms with Crippen molar-refractivity contribution in [2.24, 2.45) is 0 Å². The number of amides is 2. The Balaban J connectivity index is 1.43. The second-order valence-corrected chi connectivity index (χ2v) is 6.42. The van der Waals surface area contributed by atoms with Crippen molar-refractivity contribution < 1.29 is 23.9 Å². The summed E-state index contributed by atoms with van der Waals surface area (Å²) in [5.74, 6) is 0.741. The van der Waals surface area contributed by atoms with Crippen molar-refractivity contribution in [3.63, 3.8) is 0 Å². The molecule has 7 nitrogen and oxygen atoms in total. The highest BCUT2D eigenvalue weighted by molar-refractivity contribution is 6.01. The first-order chi connectivity index (χ1) is 13.5. The van der Waals surface area contributed by atoms with E-state index in [1.54, 1.807) is 25.3 Å². The molecule has 2 N–H and O–H groups in total. The fourth-order valence-electron chi connectivity index (χ4n) is 2.85. The normalized spacial score (nSPS) is 12.4. The van der Waals surface area contributed by atoms with Gasteiger partial charge in [0.25, 0.3) is 5.91 Å². The third-order valence-electron chi connectivity index (χ3n) is 4.41. The number of anilines is 1. The number of methoxy groups -OCH3 is 1. The Bertz CT molecular complexity index is 877. The third-order valence-corrected chi connectivity index (χ3v) is 4.41. The SMILES string of the molecule is COc1ccc(CCNC(=O)CCC(=O)c2ccc3c(c2)NC(=O)CO3)cc1. The van der Waals surface area contributed by atoms with Crippen molar-refractivity contribution >= 4 is 23.3 Å². The number of carbonyl (C=O) groups is 3. The number of carbonyl (C=O) groups excluding carboxylic acids is 3. The number of nitrogens with one attached hydrogen (secondary N) is 2. The quantitative estimate of drug-likeness (QED) is 0.684. The van der Waals surface area contributed by atoms with Crippen LogP contribution < -0.4 is 20.1 Å². The van der Waals surface area contributed by atoms with E-state index in [1.165, 1.54) is 0 Å². The van der Waals surface area contributed by atoms with E-state index in [1.807, 2.05) is 24.3 Å². The highest BCUT2D eigenvalue weighted by Gasteiger charge is 2.18. The standard InChI is InChI=1S/C21H22N2O5/c1-27-16-5-2-14(3-6-16)10-11-22-20(25)9-7-18(24)15-4-8-19-17(12-15)23-21(26)13-28-19/h2-6,8,12H,7,9-11,13H2,1H3,(H,22,25)(H,23,26). The number of hydrogen-bond donors (Lipinski definition) is 2. The third kappa shape index (κ3) is 5.09. The molecule has 0 spiro atoms. The second kappa shape index (κ2) is 9.03. The van der Waals surface area contributed by atoms with Crippen LogP contribution in [0, 0.1) is 0 Å². The minimum Gasteiger partial charge on any atom is -0.497 e. The molecule has 0 saturated carbocycles. The fourth-order valence-corrected chi connectivity index (χ4v) is 2.85. The van der Waals surface area contributed by atoms with E-state index in [-0.39, 0.29) is 37.0 Å². The zero-order chi connectivity index (χ0) is 19.9. The molecule has 146 valence electrons. The molecule has 0 aliphatic carbocycles. The predicted octanol–water partition coefficient (Wildman–Crippen LogP) is 2.35. The van der Waals surface area contributed by atoms with Gasteiger partial charge in [-0.25, -0.2) is 0 Å². The molecule has 0 atom stereocenters. The number of Topliss-reactive ketones (excluding diaryl/α,β-unsaturated/α-hetero) is 1. The largest absolute Gasteiger partial charge is 0.497 e. The molecule has 0 bridgehead atoms. The molecular weight excluding hydrogens is 360 g/mol. The summed E-state index contributed by atoms with van der Waals surface area (Å²) in [4.78, 5) is 35.7. The second-order valence-electron chi connectivity index (χ2n) is 6.42. The van der Waals surface area contributed by atoms with Gasteiger partial charge in [0.2, 0.25) is 5.91 Å². The van der Waals surface area contributed by atoms with Gasteiger partial charge in [-0.05, 0) is 42.3 Å². The lowest BCUT2D eigenvalue weighted by Crippen LogP contribution is -2.26. The Morgan fingerprint density at radius 1 is 1.14 bits per heavy atom. The Morgan fingerprint density at radius 2 is 1.93 bits per heavy atom. The van der Waals surface area contributed by atoms with Gasteiger partial charge in [0.15, 0.2) is 12.4 Å². The van der Waals surface area contributed by atoms with Gasteiger partial charge in [-0.2, -0.15) is 0 Å². The van der Waals surface area contributed by atoms with Crippen LogP contribution in [0.3, 0.4) is 0 Å². The maximum absolute atomic E-state index is 12.3. The fraction of sp³-hybridized carbons (Fsp3) is 0.286. The average molecular weight is 382 g/mol. The van der Waals surface area contributed by atoms with Crippen molar-refractivity contribution in [2.75, 3.05) is 25.6 Å². The first-order valence-electron chi connectivity index (χ1n) is 9.04. The highest BCUT2D eigenvalue weighted by Crippen LogP contribution is 2.28. The van der Waals surface area contributed by atoms with Crippen LogP contribution in [-0.4, -0.2) is 37.9 Å². The van der Waals surface area contributed by atoms with Crippen LogP contribution >= 0.6 is 0 Å². The summed E-state index contributed by atoms with van der Waals surface area (Å²) >= 11 is 0. The monoisotopic (exact) mass is 382 g/mol. The Hall–Kier alpha value is -3.35. The molecule has 0 aromatic heterocycles. The summed E-state index contributed by atoms with van der Waals surface area (Å²) < 4.78 is 10.4. The van der Waals surface area contributed by atoms with Crippen LogP contribution in [0.2, 0.25) is 0 Å². The maximum atomic E-state index is 12.3. The van der Waals surface area contributed by atoms with Crippen LogP contribution in [0.1, 0.15) is 28.8 Å². The summed E-state index contributed by atoms with van der Waals surface area (Å²) in [6.45, 7) is 0.471. The van der Waals surface area contributed by atoms with E-state index in [2.05, 4.69) is 10.6 Å². The topological polar surface area (TPSA) is 93.7 Å². The lowest BCUT2D eigenvalue weighted by atomic mass is 10.0. The van der Waals surface area contributed by atoms with E-state index >= 15 is 0 Å². The number of rotatable bonds is 8. The van der Waals surface area contributed by atoms with Crippen LogP contribution in [0.4, 0.5) is 5.69 Å². The Morgan fingerprint density at radius 3 is 2.68 bits per heavy atom. The van der Waals surface area contributed by atoms with Crippen molar-refractivity contribution in [3.8, 4) is 11.5 Å². The molecule has 28 heavy (non-hydrogen) atoms. The molecule has 0 unspecified atom stereocenters. The van der Waals surface area contributed by atoms with Crippen molar-refractivity contribution in [2.45, 2.75) is 19.3 Å². The molecule has 2 aromatic rings. The molecule has 3 rings (SSSR count). The molecule has 7 heteroatoms. The van der Waals surface area contributed by atoms with E-state index < -0.39 is 0 Å². The van der Waals surface area contributed by atoms with Gasteiger partial charge < -0.3 is 20.1 Å². The van der Waals surface area contributed by atoms with E-state index in [9.17, 15) is 14.4 Å². The molecule has 0 saturated heterocycles. The van der Waals surface area contributed by atoms with Crippen LogP contribution in [-0.2, 0) is 16.0 Å². The molecule has 1 aliphatic heterocycles.